The fourth-order valence-corrected chi connectivity index (χ4v) is 0.668. The van der Waals surface area contributed by atoms with Gasteiger partial charge in [0.1, 0.15) is 5.88 Å². The number of hydrogen-bond donors (Lipinski definition) is 2. The summed E-state index contributed by atoms with van der Waals surface area (Å²) in [7, 11) is -3.56. The third-order valence-corrected chi connectivity index (χ3v) is 1.34. The van der Waals surface area contributed by atoms with Crippen molar-refractivity contribution in [3.63, 3.8) is 0 Å². The first-order valence-corrected chi connectivity index (χ1v) is 4.44. The lowest BCUT2D eigenvalue weighted by Gasteiger charge is -1.98. The number of hydrogen-bond acceptors (Lipinski definition) is 3. The normalized spacial score (nSPS) is 11.0. The third kappa shape index (κ3) is 5.52. The smallest absolute Gasteiger partial charge is 0.227 e. The first-order chi connectivity index (χ1) is 4.45. The van der Waals surface area contributed by atoms with Gasteiger partial charge in [0, 0.05) is 6.42 Å². The predicted molar refractivity (Wildman–Crippen MR) is 36.4 cm³/mol. The Bertz CT molecular complexity index is 209. The van der Waals surface area contributed by atoms with Gasteiger partial charge in [0.05, 0.1) is 0 Å². The Morgan fingerprint density at radius 1 is 1.60 bits per heavy atom. The molecule has 0 spiro atoms. The molecule has 0 bridgehead atoms. The van der Waals surface area contributed by atoms with E-state index in [1.165, 1.54) is 0 Å². The lowest BCUT2D eigenvalue weighted by molar-refractivity contribution is -0.120. The average Bonchev–Trinajstić information content (AvgIpc) is 1.81. The summed E-state index contributed by atoms with van der Waals surface area (Å²) in [4.78, 5) is 10.4. The number of sulfonamides is 1. The largest absolute Gasteiger partial charge is 0.341 e. The molecule has 0 saturated carbocycles. The van der Waals surface area contributed by atoms with Crippen LogP contribution < -0.4 is 10.5 Å². The Kier molecular flexibility index (Phi) is 3.31. The summed E-state index contributed by atoms with van der Waals surface area (Å²) in [6.07, 6.45) is 0.259. The van der Waals surface area contributed by atoms with Crippen LogP contribution >= 0.6 is 0 Å². The molecule has 0 atom stereocenters. The molecule has 6 heteroatoms. The van der Waals surface area contributed by atoms with Gasteiger partial charge in [-0.25, -0.2) is 13.6 Å². The molecule has 0 aromatic rings. The van der Waals surface area contributed by atoms with Gasteiger partial charge in [0.2, 0.25) is 15.9 Å². The summed E-state index contributed by atoms with van der Waals surface area (Å²) in [5.41, 5.74) is 0. The Morgan fingerprint density at radius 3 is 2.40 bits per heavy atom. The van der Waals surface area contributed by atoms with Crippen molar-refractivity contribution in [2.24, 2.45) is 5.14 Å². The van der Waals surface area contributed by atoms with Crippen molar-refractivity contribution < 1.29 is 13.2 Å². The minimum absolute atomic E-state index is 0.259. The van der Waals surface area contributed by atoms with Crippen molar-refractivity contribution >= 4 is 15.9 Å². The van der Waals surface area contributed by atoms with Crippen LogP contribution in [0.15, 0.2) is 0 Å². The van der Waals surface area contributed by atoms with Crippen LogP contribution in [0.3, 0.4) is 0 Å². The van der Waals surface area contributed by atoms with E-state index in [1.54, 1.807) is 6.92 Å². The fraction of sp³-hybridized carbons (Fsp3) is 0.750. The van der Waals surface area contributed by atoms with Gasteiger partial charge in [-0.1, -0.05) is 6.92 Å². The number of nitrogens with one attached hydrogen (secondary N) is 1. The first kappa shape index (κ1) is 9.38. The van der Waals surface area contributed by atoms with Gasteiger partial charge in [-0.05, 0) is 0 Å². The molecule has 0 unspecified atom stereocenters. The number of primary sulfonamides is 1. The predicted octanol–water partition coefficient (Wildman–Crippen LogP) is -1.24. The van der Waals surface area contributed by atoms with Gasteiger partial charge in [0.25, 0.3) is 0 Å². The molecule has 1 amide bonds. The van der Waals surface area contributed by atoms with Crippen LogP contribution in [0.1, 0.15) is 13.3 Å². The van der Waals surface area contributed by atoms with Crippen LogP contribution in [0.25, 0.3) is 0 Å². The monoisotopic (exact) mass is 166 g/mol. The summed E-state index contributed by atoms with van der Waals surface area (Å²) in [6.45, 7) is 1.62. The third-order valence-electron chi connectivity index (χ3n) is 0.792. The molecule has 60 valence electrons. The minimum atomic E-state index is -3.56. The second-order valence-corrected chi connectivity index (χ2v) is 3.38. The lowest BCUT2D eigenvalue weighted by Crippen LogP contribution is -2.32. The number of carbonyl (C=O) groups excluding carboxylic acids is 1. The van der Waals surface area contributed by atoms with Crippen molar-refractivity contribution in [1.29, 1.82) is 0 Å². The van der Waals surface area contributed by atoms with Crippen molar-refractivity contribution in [3.8, 4) is 0 Å². The molecule has 0 aliphatic rings. The molecule has 0 radical (unpaired) electrons. The summed E-state index contributed by atoms with van der Waals surface area (Å²) in [5, 5.41) is 6.72. The standard InChI is InChI=1S/C4H10N2O3S/c1-2-4(7)6-3-10(5,8)9/h2-3H2,1H3,(H,6,7)(H2,5,8,9). The second kappa shape index (κ2) is 3.52. The maximum atomic E-state index is 10.4. The lowest BCUT2D eigenvalue weighted by atomic mass is 10.5. The highest BCUT2D eigenvalue weighted by Gasteiger charge is 2.03. The summed E-state index contributed by atoms with van der Waals surface area (Å²) >= 11 is 0. The Labute approximate surface area is 59.6 Å². The zero-order valence-corrected chi connectivity index (χ0v) is 6.44. The molecule has 0 fully saturated rings. The first-order valence-electron chi connectivity index (χ1n) is 2.73. The molecule has 0 aromatic heterocycles. The van der Waals surface area contributed by atoms with Crippen molar-refractivity contribution in [2.75, 3.05) is 5.88 Å². The van der Waals surface area contributed by atoms with Crippen LogP contribution in [-0.4, -0.2) is 20.2 Å². The van der Waals surface area contributed by atoms with Gasteiger partial charge in [-0.3, -0.25) is 4.79 Å². The SMILES string of the molecule is CCC(=O)NCS(N)(=O)=O. The molecular formula is C4H10N2O3S. The van der Waals surface area contributed by atoms with Gasteiger partial charge < -0.3 is 5.32 Å². The van der Waals surface area contributed by atoms with Crippen LogP contribution in [0.2, 0.25) is 0 Å². The van der Waals surface area contributed by atoms with E-state index in [4.69, 9.17) is 0 Å². The molecular weight excluding hydrogens is 156 g/mol. The molecule has 0 heterocycles. The zero-order chi connectivity index (χ0) is 8.20. The van der Waals surface area contributed by atoms with Crippen LogP contribution in [0.4, 0.5) is 0 Å². The van der Waals surface area contributed by atoms with E-state index in [0.717, 1.165) is 0 Å². The van der Waals surface area contributed by atoms with Gasteiger partial charge >= 0.3 is 0 Å². The molecule has 0 aromatic carbocycles. The van der Waals surface area contributed by atoms with Gasteiger partial charge in [0.15, 0.2) is 0 Å². The van der Waals surface area contributed by atoms with E-state index < -0.39 is 15.9 Å². The van der Waals surface area contributed by atoms with E-state index in [0.29, 0.717) is 0 Å². The molecule has 0 aliphatic carbocycles. The highest BCUT2D eigenvalue weighted by Crippen LogP contribution is 1.76. The molecule has 0 rings (SSSR count). The van der Waals surface area contributed by atoms with Crippen molar-refractivity contribution in [3.05, 3.63) is 0 Å². The van der Waals surface area contributed by atoms with Crippen LogP contribution in [0.5, 0.6) is 0 Å². The van der Waals surface area contributed by atoms with E-state index in [1.807, 2.05) is 0 Å². The van der Waals surface area contributed by atoms with Crippen molar-refractivity contribution in [2.45, 2.75) is 13.3 Å². The molecule has 5 nitrogen and oxygen atoms in total. The maximum absolute atomic E-state index is 10.4. The van der Waals surface area contributed by atoms with E-state index in [-0.39, 0.29) is 12.3 Å². The maximum Gasteiger partial charge on any atom is 0.227 e. The highest BCUT2D eigenvalue weighted by atomic mass is 32.2. The minimum Gasteiger partial charge on any atom is -0.341 e. The van der Waals surface area contributed by atoms with E-state index >= 15 is 0 Å². The Balaban J connectivity index is 3.67. The number of carbonyl (C=O) groups is 1. The highest BCUT2D eigenvalue weighted by molar-refractivity contribution is 7.89. The topological polar surface area (TPSA) is 89.3 Å². The zero-order valence-electron chi connectivity index (χ0n) is 5.62. The molecule has 0 aliphatic heterocycles. The van der Waals surface area contributed by atoms with Crippen LogP contribution in [0, 0.1) is 0 Å². The molecule has 0 saturated heterocycles. The van der Waals surface area contributed by atoms with E-state index in [2.05, 4.69) is 10.5 Å². The fourth-order valence-electron chi connectivity index (χ4n) is 0.306. The Hall–Kier alpha value is -0.620. The van der Waals surface area contributed by atoms with Crippen LogP contribution in [-0.2, 0) is 14.8 Å². The second-order valence-electron chi connectivity index (χ2n) is 1.76. The number of amides is 1. The van der Waals surface area contributed by atoms with Gasteiger partial charge in [-0.15, -0.1) is 0 Å². The van der Waals surface area contributed by atoms with E-state index in [9.17, 15) is 13.2 Å². The summed E-state index contributed by atoms with van der Waals surface area (Å²) in [6, 6.07) is 0. The number of nitrogens with two attached hydrogens (primary N) is 1. The molecule has 3 N–H and O–H groups in total. The van der Waals surface area contributed by atoms with Gasteiger partial charge in [-0.2, -0.15) is 0 Å². The summed E-state index contributed by atoms with van der Waals surface area (Å²) in [5.74, 6) is -0.811. The number of rotatable bonds is 3. The van der Waals surface area contributed by atoms with Crippen molar-refractivity contribution in [1.82, 2.24) is 5.32 Å². The quantitative estimate of drug-likeness (QED) is 0.549. The average molecular weight is 166 g/mol. The Morgan fingerprint density at radius 2 is 2.10 bits per heavy atom. The summed E-state index contributed by atoms with van der Waals surface area (Å²) < 4.78 is 20.4. The molecule has 10 heavy (non-hydrogen) atoms.